The largest absolute Gasteiger partial charge is 0.508 e. The van der Waals surface area contributed by atoms with Crippen molar-refractivity contribution in [1.29, 1.82) is 0 Å². The molecule has 2 aromatic rings. The summed E-state index contributed by atoms with van der Waals surface area (Å²) in [6.07, 6.45) is 3.32. The van der Waals surface area contributed by atoms with E-state index in [2.05, 4.69) is 10.6 Å². The van der Waals surface area contributed by atoms with Gasteiger partial charge in [-0.2, -0.15) is 0 Å². The van der Waals surface area contributed by atoms with E-state index in [1.54, 1.807) is 12.1 Å². The molecule has 0 unspecified atom stereocenters. The lowest BCUT2D eigenvalue weighted by molar-refractivity contribution is 0.0950. The van der Waals surface area contributed by atoms with Gasteiger partial charge in [0.05, 0.1) is 12.1 Å². The van der Waals surface area contributed by atoms with Crippen LogP contribution in [0.3, 0.4) is 0 Å². The minimum atomic E-state index is -0.546. The minimum Gasteiger partial charge on any atom is -0.508 e. The van der Waals surface area contributed by atoms with Crippen LogP contribution in [0, 0.1) is 0 Å². The summed E-state index contributed by atoms with van der Waals surface area (Å²) in [7, 11) is 1.43. The fraction of sp³-hybridized carbons (Fsp3) is 0.278. The van der Waals surface area contributed by atoms with Crippen molar-refractivity contribution >= 4 is 11.8 Å². The number of rotatable bonds is 5. The van der Waals surface area contributed by atoms with Crippen LogP contribution in [0.25, 0.3) is 0 Å². The van der Waals surface area contributed by atoms with Crippen LogP contribution in [0.15, 0.2) is 41.3 Å². The lowest BCUT2D eigenvalue weighted by Gasteiger charge is -2.12. The molecule has 7 nitrogen and oxygen atoms in total. The topological polar surface area (TPSA) is 100 Å². The molecule has 0 saturated heterocycles. The van der Waals surface area contributed by atoms with Crippen molar-refractivity contribution in [2.75, 3.05) is 7.05 Å². The van der Waals surface area contributed by atoms with Gasteiger partial charge in [-0.15, -0.1) is 0 Å². The van der Waals surface area contributed by atoms with Gasteiger partial charge < -0.3 is 20.3 Å². The van der Waals surface area contributed by atoms with Gasteiger partial charge in [-0.25, -0.2) is 0 Å². The van der Waals surface area contributed by atoms with Crippen molar-refractivity contribution in [2.45, 2.75) is 25.4 Å². The zero-order chi connectivity index (χ0) is 18.0. The van der Waals surface area contributed by atoms with Crippen LogP contribution in [0.1, 0.15) is 39.1 Å². The standard InChI is InChI=1S/C18H19N3O4/c1-19-17(24)15-8-12(16(23)20-13-5-6-13)10-21(18(15)25)9-11-3-2-4-14(22)7-11/h2-4,7-8,10,13,22H,5-6,9H2,1H3,(H,19,24)(H,20,23). The third-order valence-electron chi connectivity index (χ3n) is 4.00. The molecule has 1 aromatic carbocycles. The zero-order valence-corrected chi connectivity index (χ0v) is 13.8. The maximum atomic E-state index is 12.6. The van der Waals surface area contributed by atoms with Crippen LogP contribution in [0.5, 0.6) is 5.75 Å². The molecule has 0 atom stereocenters. The van der Waals surface area contributed by atoms with Crippen LogP contribution >= 0.6 is 0 Å². The number of nitrogens with one attached hydrogen (secondary N) is 2. The van der Waals surface area contributed by atoms with Crippen molar-refractivity contribution in [2.24, 2.45) is 0 Å². The zero-order valence-electron chi connectivity index (χ0n) is 13.8. The smallest absolute Gasteiger partial charge is 0.263 e. The Morgan fingerprint density at radius 1 is 1.24 bits per heavy atom. The second-order valence-electron chi connectivity index (χ2n) is 6.07. The van der Waals surface area contributed by atoms with Crippen LogP contribution in [0.2, 0.25) is 0 Å². The van der Waals surface area contributed by atoms with Gasteiger partial charge in [-0.3, -0.25) is 14.4 Å². The Morgan fingerprint density at radius 3 is 2.64 bits per heavy atom. The Balaban J connectivity index is 2.00. The number of benzene rings is 1. The lowest BCUT2D eigenvalue weighted by atomic mass is 10.1. The monoisotopic (exact) mass is 341 g/mol. The maximum absolute atomic E-state index is 12.6. The molecule has 1 fully saturated rings. The fourth-order valence-electron chi connectivity index (χ4n) is 2.52. The second-order valence-corrected chi connectivity index (χ2v) is 6.07. The molecular formula is C18H19N3O4. The number of nitrogens with zero attached hydrogens (tertiary/aromatic N) is 1. The van der Waals surface area contributed by atoms with E-state index >= 15 is 0 Å². The summed E-state index contributed by atoms with van der Waals surface area (Å²) in [6, 6.07) is 7.96. The van der Waals surface area contributed by atoms with Gasteiger partial charge in [-0.1, -0.05) is 12.1 Å². The number of carbonyl (C=O) groups excluding carboxylic acids is 2. The average molecular weight is 341 g/mol. The third-order valence-corrected chi connectivity index (χ3v) is 4.00. The van der Waals surface area contributed by atoms with Gasteiger partial charge >= 0.3 is 0 Å². The van der Waals surface area contributed by atoms with E-state index in [-0.39, 0.29) is 35.4 Å². The van der Waals surface area contributed by atoms with Gasteiger partial charge in [0, 0.05) is 19.3 Å². The Kier molecular flexibility index (Phi) is 4.56. The summed E-state index contributed by atoms with van der Waals surface area (Å²) in [5.74, 6) is -0.771. The third kappa shape index (κ3) is 3.88. The van der Waals surface area contributed by atoms with Crippen LogP contribution in [-0.4, -0.2) is 34.6 Å². The van der Waals surface area contributed by atoms with Crippen LogP contribution < -0.4 is 16.2 Å². The van der Waals surface area contributed by atoms with Crippen molar-refractivity contribution in [3.63, 3.8) is 0 Å². The second kappa shape index (κ2) is 6.80. The highest BCUT2D eigenvalue weighted by Crippen LogP contribution is 2.19. The highest BCUT2D eigenvalue weighted by molar-refractivity contribution is 5.99. The first kappa shape index (κ1) is 16.8. The number of hydrogen-bond acceptors (Lipinski definition) is 4. The number of amides is 2. The summed E-state index contributed by atoms with van der Waals surface area (Å²) in [6.45, 7) is 0.141. The number of phenols is 1. The summed E-state index contributed by atoms with van der Waals surface area (Å²) < 4.78 is 1.31. The highest BCUT2D eigenvalue weighted by Gasteiger charge is 2.25. The van der Waals surface area contributed by atoms with Gasteiger partial charge in [0.1, 0.15) is 11.3 Å². The molecular weight excluding hydrogens is 322 g/mol. The summed E-state index contributed by atoms with van der Waals surface area (Å²) >= 11 is 0. The van der Waals surface area contributed by atoms with E-state index in [0.29, 0.717) is 5.56 Å². The summed E-state index contributed by atoms with van der Waals surface area (Å²) in [4.78, 5) is 36.9. The van der Waals surface area contributed by atoms with Crippen molar-refractivity contribution in [3.8, 4) is 5.75 Å². The SMILES string of the molecule is CNC(=O)c1cc(C(=O)NC2CC2)cn(Cc2cccc(O)c2)c1=O. The molecule has 3 rings (SSSR count). The molecule has 1 aromatic heterocycles. The van der Waals surface area contributed by atoms with Crippen molar-refractivity contribution < 1.29 is 14.7 Å². The van der Waals surface area contributed by atoms with E-state index < -0.39 is 11.5 Å². The highest BCUT2D eigenvalue weighted by atomic mass is 16.3. The Morgan fingerprint density at radius 2 is 2.00 bits per heavy atom. The minimum absolute atomic E-state index is 0.0831. The molecule has 1 saturated carbocycles. The van der Waals surface area contributed by atoms with Crippen LogP contribution in [-0.2, 0) is 6.54 Å². The van der Waals surface area contributed by atoms with Gasteiger partial charge in [0.25, 0.3) is 17.4 Å². The Hall–Kier alpha value is -3.09. The number of carbonyl (C=O) groups is 2. The van der Waals surface area contributed by atoms with E-state index in [9.17, 15) is 19.5 Å². The molecule has 25 heavy (non-hydrogen) atoms. The van der Waals surface area contributed by atoms with E-state index in [1.807, 2.05) is 0 Å². The van der Waals surface area contributed by atoms with Gasteiger partial charge in [-0.05, 0) is 36.6 Å². The number of aromatic nitrogens is 1. The normalized spacial score (nSPS) is 13.3. The average Bonchev–Trinajstić information content (AvgIpc) is 3.40. The fourth-order valence-corrected chi connectivity index (χ4v) is 2.52. The molecule has 0 radical (unpaired) electrons. The maximum Gasteiger partial charge on any atom is 0.263 e. The summed E-state index contributed by atoms with van der Waals surface area (Å²) in [5.41, 5.74) is 0.353. The molecule has 1 aliphatic rings. The first-order chi connectivity index (χ1) is 12.0. The molecule has 0 aliphatic heterocycles. The van der Waals surface area contributed by atoms with Crippen molar-refractivity contribution in [3.05, 3.63) is 63.6 Å². The van der Waals surface area contributed by atoms with E-state index in [0.717, 1.165) is 12.8 Å². The number of pyridine rings is 1. The number of aromatic hydroxyl groups is 1. The quantitative estimate of drug-likeness (QED) is 0.751. The van der Waals surface area contributed by atoms with E-state index in [1.165, 1.54) is 36.0 Å². The van der Waals surface area contributed by atoms with Gasteiger partial charge in [0.15, 0.2) is 0 Å². The Labute approximate surface area is 144 Å². The Bertz CT molecular complexity index is 884. The molecule has 1 aliphatic carbocycles. The number of phenolic OH excluding ortho intramolecular Hbond substituents is 1. The molecule has 0 spiro atoms. The van der Waals surface area contributed by atoms with Crippen LogP contribution in [0.4, 0.5) is 0 Å². The first-order valence-electron chi connectivity index (χ1n) is 8.03. The molecule has 7 heteroatoms. The molecule has 0 bridgehead atoms. The van der Waals surface area contributed by atoms with E-state index in [4.69, 9.17) is 0 Å². The lowest BCUT2D eigenvalue weighted by Crippen LogP contribution is -2.34. The summed E-state index contributed by atoms with van der Waals surface area (Å²) in [5, 5.41) is 14.8. The molecule has 1 heterocycles. The number of hydrogen-bond donors (Lipinski definition) is 3. The van der Waals surface area contributed by atoms with Gasteiger partial charge in [0.2, 0.25) is 0 Å². The molecule has 130 valence electrons. The molecule has 3 N–H and O–H groups in total. The predicted molar refractivity (Wildman–Crippen MR) is 91.8 cm³/mol. The first-order valence-corrected chi connectivity index (χ1v) is 8.03. The van der Waals surface area contributed by atoms with Crippen molar-refractivity contribution in [1.82, 2.24) is 15.2 Å². The predicted octanol–water partition coefficient (Wildman–Crippen LogP) is 0.854. The molecule has 2 amide bonds.